The summed E-state index contributed by atoms with van der Waals surface area (Å²) >= 11 is 0. The molecule has 0 saturated carbocycles. The maximum absolute atomic E-state index is 5.89. The van der Waals surface area contributed by atoms with Gasteiger partial charge in [-0.2, -0.15) is 0 Å². The lowest BCUT2D eigenvalue weighted by Crippen LogP contribution is -2.37. The van der Waals surface area contributed by atoms with E-state index in [-0.39, 0.29) is 0 Å². The van der Waals surface area contributed by atoms with Gasteiger partial charge < -0.3 is 4.74 Å². The molecule has 1 atom stereocenters. The number of piperidine rings is 1. The molecule has 4 nitrogen and oxygen atoms in total. The first-order valence-electron chi connectivity index (χ1n) is 8.71. The number of likely N-dealkylation sites (tertiary alicyclic amines) is 1. The van der Waals surface area contributed by atoms with E-state index in [1.165, 1.54) is 29.7 Å². The van der Waals surface area contributed by atoms with Crippen LogP contribution in [-0.2, 0) is 0 Å². The zero-order chi connectivity index (χ0) is 16.4. The highest BCUT2D eigenvalue weighted by Gasteiger charge is 2.24. The standard InChI is InChI=1S/C20H23N3O/c1-15-21-9-8-19(22-15)18-6-4-10-23(13-18)12-16-11-17-5-2-3-7-20(17)24-14-16/h2-3,5,7-9,11,18H,4,6,10,12-14H2,1H3/t18-/m1/s1. The summed E-state index contributed by atoms with van der Waals surface area (Å²) < 4.78 is 5.89. The monoisotopic (exact) mass is 321 g/mol. The van der Waals surface area contributed by atoms with Gasteiger partial charge in [0.2, 0.25) is 0 Å². The average Bonchev–Trinajstić information content (AvgIpc) is 2.62. The minimum absolute atomic E-state index is 0.512. The van der Waals surface area contributed by atoms with Crippen LogP contribution in [-0.4, -0.2) is 41.1 Å². The minimum Gasteiger partial charge on any atom is -0.489 e. The zero-order valence-corrected chi connectivity index (χ0v) is 14.1. The molecule has 124 valence electrons. The number of aromatic nitrogens is 2. The lowest BCUT2D eigenvalue weighted by atomic mass is 9.94. The van der Waals surface area contributed by atoms with Crippen molar-refractivity contribution in [3.63, 3.8) is 0 Å². The van der Waals surface area contributed by atoms with Crippen molar-refractivity contribution in [3.8, 4) is 5.75 Å². The molecule has 1 aromatic heterocycles. The molecule has 0 unspecified atom stereocenters. The Morgan fingerprint density at radius 2 is 2.17 bits per heavy atom. The van der Waals surface area contributed by atoms with E-state index in [1.807, 2.05) is 25.3 Å². The fourth-order valence-electron chi connectivity index (χ4n) is 3.68. The molecular weight excluding hydrogens is 298 g/mol. The summed E-state index contributed by atoms with van der Waals surface area (Å²) in [6, 6.07) is 10.3. The molecule has 0 N–H and O–H groups in total. The Labute approximate surface area is 143 Å². The first kappa shape index (κ1) is 15.3. The van der Waals surface area contributed by atoms with Crippen LogP contribution in [0.1, 0.15) is 35.8 Å². The number of nitrogens with zero attached hydrogens (tertiary/aromatic N) is 3. The number of ether oxygens (including phenoxy) is 1. The van der Waals surface area contributed by atoms with E-state index >= 15 is 0 Å². The highest BCUT2D eigenvalue weighted by Crippen LogP contribution is 2.29. The second-order valence-corrected chi connectivity index (χ2v) is 6.73. The molecule has 1 aromatic carbocycles. The van der Waals surface area contributed by atoms with Crippen molar-refractivity contribution in [2.45, 2.75) is 25.7 Å². The van der Waals surface area contributed by atoms with E-state index in [1.54, 1.807) is 0 Å². The minimum atomic E-state index is 0.512. The summed E-state index contributed by atoms with van der Waals surface area (Å²) in [6.07, 6.45) is 6.60. The molecule has 4 heteroatoms. The maximum Gasteiger partial charge on any atom is 0.127 e. The number of para-hydroxylation sites is 1. The van der Waals surface area contributed by atoms with Gasteiger partial charge in [-0.3, -0.25) is 4.90 Å². The van der Waals surface area contributed by atoms with Crippen LogP contribution >= 0.6 is 0 Å². The molecule has 3 heterocycles. The Bertz CT molecular complexity index is 756. The Hall–Kier alpha value is -2.20. The molecule has 1 fully saturated rings. The largest absolute Gasteiger partial charge is 0.489 e. The van der Waals surface area contributed by atoms with Gasteiger partial charge in [0.25, 0.3) is 0 Å². The lowest BCUT2D eigenvalue weighted by molar-refractivity contribution is 0.213. The topological polar surface area (TPSA) is 38.2 Å². The SMILES string of the molecule is Cc1nccc([C@@H]2CCCN(CC3=Cc4ccccc4OC3)C2)n1. The third-order valence-corrected chi connectivity index (χ3v) is 4.84. The first-order valence-corrected chi connectivity index (χ1v) is 8.71. The summed E-state index contributed by atoms with van der Waals surface area (Å²) in [5.74, 6) is 2.37. The van der Waals surface area contributed by atoms with Crippen LogP contribution in [0.5, 0.6) is 5.75 Å². The zero-order valence-electron chi connectivity index (χ0n) is 14.1. The predicted octanol–water partition coefficient (Wildman–Crippen LogP) is 3.44. The van der Waals surface area contributed by atoms with E-state index < -0.39 is 0 Å². The molecule has 4 rings (SSSR count). The molecule has 1 saturated heterocycles. The average molecular weight is 321 g/mol. The summed E-state index contributed by atoms with van der Waals surface area (Å²) in [5.41, 5.74) is 3.73. The number of hydrogen-bond donors (Lipinski definition) is 0. The third-order valence-electron chi connectivity index (χ3n) is 4.84. The van der Waals surface area contributed by atoms with Gasteiger partial charge in [-0.05, 0) is 50.1 Å². The Morgan fingerprint density at radius 1 is 1.25 bits per heavy atom. The van der Waals surface area contributed by atoms with E-state index in [4.69, 9.17) is 4.74 Å². The van der Waals surface area contributed by atoms with Crippen molar-refractivity contribution in [1.82, 2.24) is 14.9 Å². The summed E-state index contributed by atoms with van der Waals surface area (Å²) in [4.78, 5) is 11.4. The summed E-state index contributed by atoms with van der Waals surface area (Å²) in [5, 5.41) is 0. The molecule has 0 aliphatic carbocycles. The highest BCUT2D eigenvalue weighted by molar-refractivity contribution is 5.62. The fraction of sp³-hybridized carbons (Fsp3) is 0.400. The first-order chi connectivity index (χ1) is 11.8. The third kappa shape index (κ3) is 3.34. The van der Waals surface area contributed by atoms with Crippen molar-refractivity contribution in [2.24, 2.45) is 0 Å². The van der Waals surface area contributed by atoms with E-state index in [0.717, 1.165) is 31.2 Å². The number of fused-ring (bicyclic) bond motifs is 1. The summed E-state index contributed by atoms with van der Waals surface area (Å²) in [6.45, 7) is 5.86. The van der Waals surface area contributed by atoms with E-state index in [0.29, 0.717) is 12.5 Å². The summed E-state index contributed by atoms with van der Waals surface area (Å²) in [7, 11) is 0. The van der Waals surface area contributed by atoms with Gasteiger partial charge in [0.1, 0.15) is 18.2 Å². The second-order valence-electron chi connectivity index (χ2n) is 6.73. The van der Waals surface area contributed by atoms with Crippen molar-refractivity contribution >= 4 is 6.08 Å². The molecule has 24 heavy (non-hydrogen) atoms. The van der Waals surface area contributed by atoms with E-state index in [9.17, 15) is 0 Å². The van der Waals surface area contributed by atoms with Gasteiger partial charge >= 0.3 is 0 Å². The van der Waals surface area contributed by atoms with Crippen LogP contribution in [0, 0.1) is 6.92 Å². The van der Waals surface area contributed by atoms with Gasteiger partial charge in [-0.25, -0.2) is 9.97 Å². The number of rotatable bonds is 3. The molecule has 0 amide bonds. The van der Waals surface area contributed by atoms with Crippen LogP contribution < -0.4 is 4.74 Å². The highest BCUT2D eigenvalue weighted by atomic mass is 16.5. The lowest BCUT2D eigenvalue weighted by Gasteiger charge is -2.33. The van der Waals surface area contributed by atoms with Crippen LogP contribution in [0.4, 0.5) is 0 Å². The van der Waals surface area contributed by atoms with Crippen molar-refractivity contribution in [1.29, 1.82) is 0 Å². The number of hydrogen-bond acceptors (Lipinski definition) is 4. The van der Waals surface area contributed by atoms with Crippen LogP contribution in [0.15, 0.2) is 42.1 Å². The Balaban J connectivity index is 1.45. The van der Waals surface area contributed by atoms with E-state index in [2.05, 4.69) is 39.1 Å². The Kier molecular flexibility index (Phi) is 4.30. The molecule has 2 aliphatic rings. The molecule has 2 aromatic rings. The van der Waals surface area contributed by atoms with Crippen molar-refractivity contribution in [3.05, 3.63) is 59.2 Å². The quantitative estimate of drug-likeness (QED) is 0.868. The van der Waals surface area contributed by atoms with Gasteiger partial charge in [0.15, 0.2) is 0 Å². The number of benzene rings is 1. The van der Waals surface area contributed by atoms with Gasteiger partial charge in [-0.1, -0.05) is 18.2 Å². The van der Waals surface area contributed by atoms with Crippen LogP contribution in [0.3, 0.4) is 0 Å². The molecule has 0 radical (unpaired) electrons. The van der Waals surface area contributed by atoms with Crippen LogP contribution in [0.2, 0.25) is 0 Å². The molecule has 0 bridgehead atoms. The fourth-order valence-corrected chi connectivity index (χ4v) is 3.68. The van der Waals surface area contributed by atoms with Gasteiger partial charge in [0, 0.05) is 36.5 Å². The van der Waals surface area contributed by atoms with Crippen molar-refractivity contribution in [2.75, 3.05) is 26.2 Å². The van der Waals surface area contributed by atoms with Gasteiger partial charge in [0.05, 0.1) is 0 Å². The number of aryl methyl sites for hydroxylation is 1. The second kappa shape index (κ2) is 6.73. The Morgan fingerprint density at radius 3 is 3.08 bits per heavy atom. The predicted molar refractivity (Wildman–Crippen MR) is 95.1 cm³/mol. The molecule has 2 aliphatic heterocycles. The molecular formula is C20H23N3O. The normalized spacial score (nSPS) is 20.9. The smallest absolute Gasteiger partial charge is 0.127 e. The molecule has 0 spiro atoms. The van der Waals surface area contributed by atoms with Crippen LogP contribution in [0.25, 0.3) is 6.08 Å². The van der Waals surface area contributed by atoms with Gasteiger partial charge in [-0.15, -0.1) is 0 Å². The maximum atomic E-state index is 5.89. The van der Waals surface area contributed by atoms with Crippen molar-refractivity contribution < 1.29 is 4.74 Å².